The smallest absolute Gasteiger partial charge is 0.321 e. The van der Waals surface area contributed by atoms with Crippen LogP contribution in [0.5, 0.6) is 0 Å². The standard InChI is InChI=1S/C12H22N2O3/c1-8-6-5-7-14(10(8)12(16)17)9(2)11(15)13(3)4/h8-10H,5-7H2,1-4H3,(H,16,17). The Bertz CT molecular complexity index is 304. The molecule has 3 atom stereocenters. The number of hydrogen-bond acceptors (Lipinski definition) is 3. The predicted molar refractivity (Wildman–Crippen MR) is 64.7 cm³/mol. The van der Waals surface area contributed by atoms with E-state index in [1.54, 1.807) is 21.0 Å². The summed E-state index contributed by atoms with van der Waals surface area (Å²) in [5.41, 5.74) is 0. The molecule has 1 aliphatic heterocycles. The van der Waals surface area contributed by atoms with Crippen molar-refractivity contribution in [3.05, 3.63) is 0 Å². The van der Waals surface area contributed by atoms with E-state index in [0.717, 1.165) is 12.8 Å². The average molecular weight is 242 g/mol. The number of carboxylic acid groups (broad SMARTS) is 1. The van der Waals surface area contributed by atoms with Gasteiger partial charge in [0.25, 0.3) is 0 Å². The fraction of sp³-hybridized carbons (Fsp3) is 0.833. The number of carbonyl (C=O) groups is 2. The van der Waals surface area contributed by atoms with Gasteiger partial charge in [-0.05, 0) is 32.2 Å². The van der Waals surface area contributed by atoms with Gasteiger partial charge in [0.2, 0.25) is 5.91 Å². The lowest BCUT2D eigenvalue weighted by Crippen LogP contribution is -2.56. The lowest BCUT2D eigenvalue weighted by atomic mass is 9.89. The molecular weight excluding hydrogens is 220 g/mol. The van der Waals surface area contributed by atoms with Crippen LogP contribution in [0.2, 0.25) is 0 Å². The number of amides is 1. The Hall–Kier alpha value is -1.10. The minimum atomic E-state index is -0.824. The maximum absolute atomic E-state index is 11.9. The summed E-state index contributed by atoms with van der Waals surface area (Å²) in [5.74, 6) is -0.764. The molecule has 1 heterocycles. The van der Waals surface area contributed by atoms with Gasteiger partial charge in [-0.2, -0.15) is 0 Å². The third-order valence-corrected chi connectivity index (χ3v) is 3.52. The highest BCUT2D eigenvalue weighted by molar-refractivity contribution is 5.82. The SMILES string of the molecule is CC1CCCN(C(C)C(=O)N(C)C)C1C(=O)O. The quantitative estimate of drug-likeness (QED) is 0.789. The zero-order valence-electron chi connectivity index (χ0n) is 11.0. The Morgan fingerprint density at radius 2 is 2.00 bits per heavy atom. The fourth-order valence-electron chi connectivity index (χ4n) is 2.55. The van der Waals surface area contributed by atoms with Crippen molar-refractivity contribution in [3.8, 4) is 0 Å². The van der Waals surface area contributed by atoms with Gasteiger partial charge in [0.1, 0.15) is 6.04 Å². The van der Waals surface area contributed by atoms with E-state index in [9.17, 15) is 14.7 Å². The van der Waals surface area contributed by atoms with Gasteiger partial charge < -0.3 is 10.0 Å². The zero-order valence-corrected chi connectivity index (χ0v) is 11.0. The van der Waals surface area contributed by atoms with Crippen LogP contribution in [-0.2, 0) is 9.59 Å². The number of piperidine rings is 1. The molecule has 1 fully saturated rings. The molecule has 5 nitrogen and oxygen atoms in total. The first-order valence-electron chi connectivity index (χ1n) is 6.06. The molecule has 98 valence electrons. The molecule has 17 heavy (non-hydrogen) atoms. The van der Waals surface area contributed by atoms with Gasteiger partial charge >= 0.3 is 5.97 Å². The highest BCUT2D eigenvalue weighted by atomic mass is 16.4. The van der Waals surface area contributed by atoms with E-state index in [0.29, 0.717) is 6.54 Å². The molecule has 1 aliphatic rings. The van der Waals surface area contributed by atoms with Gasteiger partial charge in [-0.25, -0.2) is 0 Å². The van der Waals surface area contributed by atoms with Crippen LogP contribution in [0.25, 0.3) is 0 Å². The lowest BCUT2D eigenvalue weighted by Gasteiger charge is -2.40. The largest absolute Gasteiger partial charge is 0.480 e. The van der Waals surface area contributed by atoms with E-state index in [-0.39, 0.29) is 17.9 Å². The number of likely N-dealkylation sites (N-methyl/N-ethyl adjacent to an activating group) is 1. The molecule has 0 radical (unpaired) electrons. The fourth-order valence-corrected chi connectivity index (χ4v) is 2.55. The van der Waals surface area contributed by atoms with Crippen molar-refractivity contribution in [2.45, 2.75) is 38.8 Å². The molecule has 1 amide bonds. The van der Waals surface area contributed by atoms with Crippen LogP contribution in [0.3, 0.4) is 0 Å². The summed E-state index contributed by atoms with van der Waals surface area (Å²) in [6.45, 7) is 4.41. The Kier molecular flexibility index (Phi) is 4.51. The van der Waals surface area contributed by atoms with Gasteiger partial charge in [-0.15, -0.1) is 0 Å². The number of carbonyl (C=O) groups excluding carboxylic acids is 1. The maximum atomic E-state index is 11.9. The second kappa shape index (κ2) is 5.49. The second-order valence-electron chi connectivity index (χ2n) is 5.05. The van der Waals surface area contributed by atoms with Crippen molar-refractivity contribution < 1.29 is 14.7 Å². The number of aliphatic carboxylic acids is 1. The molecule has 5 heteroatoms. The Labute approximate surface area is 102 Å². The van der Waals surface area contributed by atoms with Crippen LogP contribution in [0, 0.1) is 5.92 Å². The average Bonchev–Trinajstić information content (AvgIpc) is 2.25. The van der Waals surface area contributed by atoms with E-state index in [4.69, 9.17) is 0 Å². The van der Waals surface area contributed by atoms with Crippen molar-refractivity contribution in [3.63, 3.8) is 0 Å². The van der Waals surface area contributed by atoms with Crippen molar-refractivity contribution in [1.82, 2.24) is 9.80 Å². The zero-order chi connectivity index (χ0) is 13.2. The van der Waals surface area contributed by atoms with Crippen LogP contribution in [0.1, 0.15) is 26.7 Å². The number of likely N-dealkylation sites (tertiary alicyclic amines) is 1. The molecule has 0 spiro atoms. The molecule has 3 unspecified atom stereocenters. The number of nitrogens with zero attached hydrogens (tertiary/aromatic N) is 2. The summed E-state index contributed by atoms with van der Waals surface area (Å²) in [6, 6.07) is -0.906. The highest BCUT2D eigenvalue weighted by Gasteiger charge is 2.38. The van der Waals surface area contributed by atoms with E-state index >= 15 is 0 Å². The van der Waals surface area contributed by atoms with E-state index in [2.05, 4.69) is 0 Å². The molecule has 1 N–H and O–H groups in total. The maximum Gasteiger partial charge on any atom is 0.321 e. The molecule has 1 rings (SSSR count). The van der Waals surface area contributed by atoms with Crippen LogP contribution in [-0.4, -0.2) is 59.5 Å². The first-order valence-corrected chi connectivity index (χ1v) is 6.06. The summed E-state index contributed by atoms with van der Waals surface area (Å²) in [5, 5.41) is 9.28. The first-order chi connectivity index (χ1) is 7.86. The highest BCUT2D eigenvalue weighted by Crippen LogP contribution is 2.25. The van der Waals surface area contributed by atoms with Crippen molar-refractivity contribution in [2.24, 2.45) is 5.92 Å². The van der Waals surface area contributed by atoms with Crippen molar-refractivity contribution >= 4 is 11.9 Å². The molecule has 0 aliphatic carbocycles. The Morgan fingerprint density at radius 3 is 2.47 bits per heavy atom. The molecule has 0 bridgehead atoms. The normalized spacial score (nSPS) is 27.5. The van der Waals surface area contributed by atoms with E-state index < -0.39 is 12.0 Å². The summed E-state index contributed by atoms with van der Waals surface area (Å²) in [6.07, 6.45) is 1.87. The topological polar surface area (TPSA) is 60.9 Å². The molecule has 0 saturated carbocycles. The minimum Gasteiger partial charge on any atom is -0.480 e. The van der Waals surface area contributed by atoms with Crippen molar-refractivity contribution in [1.29, 1.82) is 0 Å². The van der Waals surface area contributed by atoms with E-state index in [1.165, 1.54) is 4.90 Å². The third kappa shape index (κ3) is 2.97. The van der Waals surface area contributed by atoms with Crippen LogP contribution in [0.15, 0.2) is 0 Å². The number of hydrogen-bond donors (Lipinski definition) is 1. The molecule has 0 aromatic heterocycles. The van der Waals surface area contributed by atoms with Gasteiger partial charge in [0.15, 0.2) is 0 Å². The van der Waals surface area contributed by atoms with Gasteiger partial charge in [0.05, 0.1) is 6.04 Å². The summed E-state index contributed by atoms with van der Waals surface area (Å²) >= 11 is 0. The first kappa shape index (κ1) is 14.0. The second-order valence-corrected chi connectivity index (χ2v) is 5.05. The third-order valence-electron chi connectivity index (χ3n) is 3.52. The monoisotopic (exact) mass is 242 g/mol. The molecule has 0 aromatic carbocycles. The molecular formula is C12H22N2O3. The molecule has 1 saturated heterocycles. The minimum absolute atomic E-state index is 0.0367. The van der Waals surface area contributed by atoms with Crippen LogP contribution >= 0.6 is 0 Å². The Balaban J connectivity index is 2.85. The van der Waals surface area contributed by atoms with Gasteiger partial charge in [-0.1, -0.05) is 6.92 Å². The summed E-state index contributed by atoms with van der Waals surface area (Å²) in [4.78, 5) is 26.5. The summed E-state index contributed by atoms with van der Waals surface area (Å²) in [7, 11) is 3.39. The van der Waals surface area contributed by atoms with Gasteiger partial charge in [0, 0.05) is 14.1 Å². The van der Waals surface area contributed by atoms with Crippen molar-refractivity contribution in [2.75, 3.05) is 20.6 Å². The van der Waals surface area contributed by atoms with E-state index in [1.807, 2.05) is 11.8 Å². The lowest BCUT2D eigenvalue weighted by molar-refractivity contribution is -0.151. The summed E-state index contributed by atoms with van der Waals surface area (Å²) < 4.78 is 0. The number of rotatable bonds is 3. The van der Waals surface area contributed by atoms with Gasteiger partial charge in [-0.3, -0.25) is 14.5 Å². The van der Waals surface area contributed by atoms with Crippen LogP contribution in [0.4, 0.5) is 0 Å². The molecule has 0 aromatic rings. The Morgan fingerprint density at radius 1 is 1.41 bits per heavy atom. The predicted octanol–water partition coefficient (Wildman–Crippen LogP) is 0.648. The number of carboxylic acids is 1. The van der Waals surface area contributed by atoms with Crippen LogP contribution < -0.4 is 0 Å².